The number of nitriles is 1. The highest BCUT2D eigenvalue weighted by Crippen LogP contribution is 2.50. The Labute approximate surface area is 163 Å². The summed E-state index contributed by atoms with van der Waals surface area (Å²) in [5.74, 6) is 2.10. The van der Waals surface area contributed by atoms with E-state index in [1.54, 1.807) is 12.1 Å². The van der Waals surface area contributed by atoms with Gasteiger partial charge in [0.2, 0.25) is 13.6 Å². The van der Waals surface area contributed by atoms with E-state index < -0.39 is 11.4 Å². The number of benzene rings is 2. The number of fused-ring (bicyclic) bond motifs is 2. The maximum absolute atomic E-state index is 11.1. The van der Waals surface area contributed by atoms with Crippen LogP contribution in [-0.4, -0.2) is 24.7 Å². The molecule has 1 N–H and O–H groups in total. The molecule has 0 spiro atoms. The molecular formula is C21H21NO6. The van der Waals surface area contributed by atoms with Gasteiger partial charge in [0, 0.05) is 0 Å². The Bertz CT molecular complexity index is 929. The van der Waals surface area contributed by atoms with Gasteiger partial charge in [-0.05, 0) is 48.2 Å². The van der Waals surface area contributed by atoms with Crippen LogP contribution in [-0.2, 0) is 16.6 Å². The summed E-state index contributed by atoms with van der Waals surface area (Å²) >= 11 is 0. The zero-order valence-electron chi connectivity index (χ0n) is 14.4. The highest BCUT2D eigenvalue weighted by molar-refractivity contribution is 5.85. The largest absolute Gasteiger partial charge is 0.481 e. The SMILES string of the molecule is C.N#CCc1ccc2c(c1)OCO2.O=C(O)C1(c2ccc3c(c2)OCO3)CC1. The predicted molar refractivity (Wildman–Crippen MR) is 99.7 cm³/mol. The molecule has 3 aliphatic rings. The van der Waals surface area contributed by atoms with Crippen molar-refractivity contribution in [3.8, 4) is 29.1 Å². The van der Waals surface area contributed by atoms with Crippen molar-refractivity contribution in [2.45, 2.75) is 32.1 Å². The van der Waals surface area contributed by atoms with E-state index in [9.17, 15) is 4.79 Å². The summed E-state index contributed by atoms with van der Waals surface area (Å²) in [6.45, 7) is 0.504. The first kappa shape index (κ1) is 19.4. The van der Waals surface area contributed by atoms with Crippen molar-refractivity contribution in [1.29, 1.82) is 5.26 Å². The molecule has 0 amide bonds. The van der Waals surface area contributed by atoms with Crippen LogP contribution in [0.3, 0.4) is 0 Å². The van der Waals surface area contributed by atoms with Crippen LogP contribution >= 0.6 is 0 Å². The number of ether oxygens (including phenoxy) is 4. The molecule has 0 bridgehead atoms. The third-order valence-electron chi connectivity index (χ3n) is 4.80. The molecule has 1 saturated carbocycles. The fraction of sp³-hybridized carbons (Fsp3) is 0.333. The van der Waals surface area contributed by atoms with E-state index in [1.807, 2.05) is 24.3 Å². The van der Waals surface area contributed by atoms with Crippen LogP contribution in [0.25, 0.3) is 0 Å². The number of carbonyl (C=O) groups is 1. The van der Waals surface area contributed by atoms with Crippen molar-refractivity contribution >= 4 is 5.97 Å². The molecule has 5 rings (SSSR count). The summed E-state index contributed by atoms with van der Waals surface area (Å²) in [5.41, 5.74) is 1.11. The van der Waals surface area contributed by atoms with Crippen LogP contribution in [0.1, 0.15) is 31.4 Å². The second-order valence-electron chi connectivity index (χ2n) is 6.48. The van der Waals surface area contributed by atoms with E-state index in [0.717, 1.165) is 22.6 Å². The third kappa shape index (κ3) is 3.54. The Hall–Kier alpha value is -3.40. The molecule has 1 aliphatic carbocycles. The summed E-state index contributed by atoms with van der Waals surface area (Å²) in [6, 6.07) is 13.0. The first-order valence-corrected chi connectivity index (χ1v) is 8.51. The summed E-state index contributed by atoms with van der Waals surface area (Å²) < 4.78 is 20.7. The lowest BCUT2D eigenvalue weighted by atomic mass is 9.96. The first-order valence-electron chi connectivity index (χ1n) is 8.51. The first-order chi connectivity index (χ1) is 13.1. The van der Waals surface area contributed by atoms with E-state index in [4.69, 9.17) is 29.3 Å². The molecule has 2 heterocycles. The molecule has 0 atom stereocenters. The topological polar surface area (TPSA) is 98.0 Å². The quantitative estimate of drug-likeness (QED) is 0.864. The second-order valence-corrected chi connectivity index (χ2v) is 6.48. The van der Waals surface area contributed by atoms with Gasteiger partial charge in [-0.2, -0.15) is 5.26 Å². The Morgan fingerprint density at radius 1 is 0.964 bits per heavy atom. The fourth-order valence-electron chi connectivity index (χ4n) is 3.09. The zero-order chi connectivity index (χ0) is 18.9. The minimum atomic E-state index is -0.749. The molecule has 2 aromatic carbocycles. The summed E-state index contributed by atoms with van der Waals surface area (Å²) in [6.07, 6.45) is 1.83. The zero-order valence-corrected chi connectivity index (χ0v) is 14.4. The normalized spacial score (nSPS) is 16.1. The smallest absolute Gasteiger partial charge is 0.314 e. The third-order valence-corrected chi connectivity index (χ3v) is 4.80. The Kier molecular flexibility index (Phi) is 5.32. The monoisotopic (exact) mass is 383 g/mol. The maximum Gasteiger partial charge on any atom is 0.314 e. The standard InChI is InChI=1S/C11H10O4.C9H7NO2.CH4/c12-10(13)11(3-4-11)7-1-2-8-9(5-7)15-6-14-8;10-4-3-7-1-2-8-9(5-7)12-6-11-8;/h1-2,5H,3-4,6H2,(H,12,13);1-2,5H,3,6H2;1H4. The molecule has 1 fully saturated rings. The Balaban J connectivity index is 0.000000159. The van der Waals surface area contributed by atoms with Crippen LogP contribution in [0.4, 0.5) is 0 Å². The molecule has 0 unspecified atom stereocenters. The van der Waals surface area contributed by atoms with Gasteiger partial charge in [-0.1, -0.05) is 19.6 Å². The van der Waals surface area contributed by atoms with Gasteiger partial charge in [0.1, 0.15) is 0 Å². The molecule has 28 heavy (non-hydrogen) atoms. The maximum atomic E-state index is 11.1. The van der Waals surface area contributed by atoms with Crippen LogP contribution in [0.2, 0.25) is 0 Å². The number of carboxylic acids is 1. The number of carboxylic acid groups (broad SMARTS) is 1. The van der Waals surface area contributed by atoms with E-state index >= 15 is 0 Å². The number of nitrogens with zero attached hydrogens (tertiary/aromatic N) is 1. The molecule has 0 aromatic heterocycles. The van der Waals surface area contributed by atoms with Crippen LogP contribution in [0, 0.1) is 11.3 Å². The van der Waals surface area contributed by atoms with Crippen molar-refractivity contribution in [2.24, 2.45) is 0 Å². The highest BCUT2D eigenvalue weighted by Gasteiger charge is 2.52. The molecule has 0 radical (unpaired) electrons. The number of rotatable bonds is 3. The van der Waals surface area contributed by atoms with Crippen LogP contribution in [0.15, 0.2) is 36.4 Å². The lowest BCUT2D eigenvalue weighted by molar-refractivity contribution is -0.140. The van der Waals surface area contributed by atoms with E-state index in [-0.39, 0.29) is 21.0 Å². The molecule has 0 saturated heterocycles. The Morgan fingerprint density at radius 2 is 1.54 bits per heavy atom. The average molecular weight is 383 g/mol. The lowest BCUT2D eigenvalue weighted by Crippen LogP contribution is -2.19. The van der Waals surface area contributed by atoms with Gasteiger partial charge in [-0.3, -0.25) is 4.79 Å². The van der Waals surface area contributed by atoms with Gasteiger partial charge >= 0.3 is 5.97 Å². The van der Waals surface area contributed by atoms with Crippen molar-refractivity contribution in [2.75, 3.05) is 13.6 Å². The molecular weight excluding hydrogens is 362 g/mol. The number of hydrogen-bond donors (Lipinski definition) is 1. The summed E-state index contributed by atoms with van der Waals surface area (Å²) in [7, 11) is 0. The van der Waals surface area contributed by atoms with Crippen molar-refractivity contribution in [1.82, 2.24) is 0 Å². The molecule has 146 valence electrons. The fourth-order valence-corrected chi connectivity index (χ4v) is 3.09. The number of hydrogen-bond acceptors (Lipinski definition) is 6. The molecule has 2 aliphatic heterocycles. The summed E-state index contributed by atoms with van der Waals surface area (Å²) in [5, 5.41) is 17.6. The number of aliphatic carboxylic acids is 1. The van der Waals surface area contributed by atoms with Gasteiger partial charge in [-0.25, -0.2) is 0 Å². The van der Waals surface area contributed by atoms with Gasteiger partial charge in [0.25, 0.3) is 0 Å². The minimum Gasteiger partial charge on any atom is -0.481 e. The van der Waals surface area contributed by atoms with E-state index in [1.165, 1.54) is 0 Å². The summed E-state index contributed by atoms with van der Waals surface area (Å²) in [4.78, 5) is 11.1. The van der Waals surface area contributed by atoms with Crippen LogP contribution < -0.4 is 18.9 Å². The van der Waals surface area contributed by atoms with Crippen molar-refractivity contribution in [3.05, 3.63) is 47.5 Å². The predicted octanol–water partition coefficient (Wildman–Crippen LogP) is 3.65. The van der Waals surface area contributed by atoms with Crippen LogP contribution in [0.5, 0.6) is 23.0 Å². The van der Waals surface area contributed by atoms with Gasteiger partial charge in [0.05, 0.1) is 17.9 Å². The Morgan fingerprint density at radius 3 is 2.11 bits per heavy atom. The van der Waals surface area contributed by atoms with E-state index in [0.29, 0.717) is 30.8 Å². The van der Waals surface area contributed by atoms with Crippen molar-refractivity contribution in [3.63, 3.8) is 0 Å². The highest BCUT2D eigenvalue weighted by atomic mass is 16.7. The lowest BCUT2D eigenvalue weighted by Gasteiger charge is -2.10. The van der Waals surface area contributed by atoms with Gasteiger partial charge in [0.15, 0.2) is 23.0 Å². The van der Waals surface area contributed by atoms with Crippen molar-refractivity contribution < 1.29 is 28.8 Å². The van der Waals surface area contributed by atoms with E-state index in [2.05, 4.69) is 6.07 Å². The molecule has 7 nitrogen and oxygen atoms in total. The minimum absolute atomic E-state index is 0. The molecule has 7 heteroatoms. The van der Waals surface area contributed by atoms with Gasteiger partial charge < -0.3 is 24.1 Å². The average Bonchev–Trinajstić information content (AvgIpc) is 3.13. The molecule has 2 aromatic rings. The van der Waals surface area contributed by atoms with Gasteiger partial charge in [-0.15, -0.1) is 0 Å². The second kappa shape index (κ2) is 7.69.